The third-order valence-corrected chi connectivity index (χ3v) is 6.64. The van der Waals surface area contributed by atoms with Crippen molar-refractivity contribution < 1.29 is 4.79 Å². The fraction of sp³-hybridized carbons (Fsp3) is 0.409. The number of fused-ring (bicyclic) bond motifs is 2. The highest BCUT2D eigenvalue weighted by Gasteiger charge is 2.30. The summed E-state index contributed by atoms with van der Waals surface area (Å²) in [7, 11) is 0. The number of hydrogen-bond donors (Lipinski definition) is 0. The predicted molar refractivity (Wildman–Crippen MR) is 113 cm³/mol. The summed E-state index contributed by atoms with van der Waals surface area (Å²) in [6, 6.07) is 10.5. The molecule has 0 spiro atoms. The summed E-state index contributed by atoms with van der Waals surface area (Å²) in [5, 5.41) is 5.40. The second-order valence-corrected chi connectivity index (χ2v) is 9.05. The summed E-state index contributed by atoms with van der Waals surface area (Å²) in [6.45, 7) is 4.94. The van der Waals surface area contributed by atoms with Gasteiger partial charge in [0.15, 0.2) is 5.65 Å². The molecule has 2 aromatic heterocycles. The van der Waals surface area contributed by atoms with Gasteiger partial charge in [-0.2, -0.15) is 5.10 Å². The Balaban J connectivity index is 1.65. The molecule has 3 heterocycles. The number of aromatic nitrogens is 3. The lowest BCUT2D eigenvalue weighted by atomic mass is 10.1. The van der Waals surface area contributed by atoms with Gasteiger partial charge in [0.05, 0.1) is 22.8 Å². The van der Waals surface area contributed by atoms with E-state index in [-0.39, 0.29) is 11.9 Å². The van der Waals surface area contributed by atoms with E-state index in [4.69, 9.17) is 4.98 Å². The summed E-state index contributed by atoms with van der Waals surface area (Å²) >= 11 is 1.83. The fourth-order valence-corrected chi connectivity index (χ4v) is 4.86. The zero-order valence-corrected chi connectivity index (χ0v) is 17.1. The summed E-state index contributed by atoms with van der Waals surface area (Å²) in [5.41, 5.74) is 3.63. The number of anilines is 1. The maximum atomic E-state index is 13.8. The highest BCUT2D eigenvalue weighted by molar-refractivity contribution is 7.99. The molecule has 1 aliphatic heterocycles. The Morgan fingerprint density at radius 2 is 2.07 bits per heavy atom. The van der Waals surface area contributed by atoms with Crippen molar-refractivity contribution in [2.24, 2.45) is 0 Å². The first-order valence-corrected chi connectivity index (χ1v) is 11.0. The zero-order chi connectivity index (χ0) is 19.3. The number of benzene rings is 1. The van der Waals surface area contributed by atoms with Crippen molar-refractivity contribution in [3.63, 3.8) is 0 Å². The van der Waals surface area contributed by atoms with Crippen molar-refractivity contribution in [1.82, 2.24) is 14.8 Å². The Hall–Kier alpha value is -2.34. The van der Waals surface area contributed by atoms with Gasteiger partial charge < -0.3 is 4.90 Å². The minimum Gasteiger partial charge on any atom is -0.307 e. The first-order chi connectivity index (χ1) is 13.6. The molecular formula is C22H24N4OS. The Labute approximate surface area is 169 Å². The molecule has 144 valence electrons. The third kappa shape index (κ3) is 3.00. The lowest BCUT2D eigenvalue weighted by Crippen LogP contribution is -2.32. The smallest absolute Gasteiger partial charge is 0.259 e. The summed E-state index contributed by atoms with van der Waals surface area (Å²) < 4.78 is 1.93. The summed E-state index contributed by atoms with van der Waals surface area (Å²) in [5.74, 6) is 1.58. The Morgan fingerprint density at radius 3 is 2.86 bits per heavy atom. The second kappa shape index (κ2) is 6.92. The number of thioether (sulfide) groups is 1. The first-order valence-electron chi connectivity index (χ1n) is 10.1. The van der Waals surface area contributed by atoms with Gasteiger partial charge in [-0.05, 0) is 57.1 Å². The van der Waals surface area contributed by atoms with Crippen molar-refractivity contribution in [1.29, 1.82) is 0 Å². The lowest BCUT2D eigenvalue weighted by Gasteiger charge is -2.23. The molecule has 5 nitrogen and oxygen atoms in total. The van der Waals surface area contributed by atoms with Crippen molar-refractivity contribution in [3.8, 4) is 0 Å². The molecule has 2 aliphatic rings. The van der Waals surface area contributed by atoms with E-state index in [1.165, 1.54) is 4.90 Å². The lowest BCUT2D eigenvalue weighted by molar-refractivity contribution is 0.0988. The standard InChI is InChI=1S/C22H24N4OS/c1-14(2)26-21-17(13-23-26)16(12-18(24-21)15-8-9-15)22(27)25-10-5-11-28-20-7-4-3-6-19(20)25/h3-4,6-7,12-15H,5,8-11H2,1-2H3. The zero-order valence-electron chi connectivity index (χ0n) is 16.3. The maximum Gasteiger partial charge on any atom is 0.259 e. The van der Waals surface area contributed by atoms with Gasteiger partial charge in [-0.15, -0.1) is 11.8 Å². The first kappa shape index (κ1) is 17.7. The number of amides is 1. The monoisotopic (exact) mass is 392 g/mol. The van der Waals surface area contributed by atoms with E-state index in [1.807, 2.05) is 45.7 Å². The molecule has 0 bridgehead atoms. The molecule has 1 saturated carbocycles. The predicted octanol–water partition coefficient (Wildman–Crippen LogP) is 5.03. The van der Waals surface area contributed by atoms with E-state index in [1.54, 1.807) is 0 Å². The van der Waals surface area contributed by atoms with Gasteiger partial charge in [-0.25, -0.2) is 9.67 Å². The molecule has 1 amide bonds. The molecule has 1 aliphatic carbocycles. The van der Waals surface area contributed by atoms with Crippen molar-refractivity contribution >= 4 is 34.4 Å². The molecular weight excluding hydrogens is 368 g/mol. The SMILES string of the molecule is CC(C)n1ncc2c(C(=O)N3CCCSc4ccccc43)cc(C3CC3)nc21. The average Bonchev–Trinajstić information content (AvgIpc) is 3.49. The Bertz CT molecular complexity index is 1050. The van der Waals surface area contributed by atoms with Crippen LogP contribution in [0.1, 0.15) is 61.1 Å². The van der Waals surface area contributed by atoms with E-state index < -0.39 is 0 Å². The molecule has 5 rings (SSSR count). The third-order valence-electron chi connectivity index (χ3n) is 5.49. The van der Waals surface area contributed by atoms with Crippen LogP contribution < -0.4 is 4.90 Å². The number of nitrogens with zero attached hydrogens (tertiary/aromatic N) is 4. The second-order valence-electron chi connectivity index (χ2n) is 7.92. The molecule has 1 aromatic carbocycles. The van der Waals surface area contributed by atoms with Gasteiger partial charge >= 0.3 is 0 Å². The van der Waals surface area contributed by atoms with Crippen LogP contribution in [0.15, 0.2) is 41.4 Å². The number of hydrogen-bond acceptors (Lipinski definition) is 4. The fourth-order valence-electron chi connectivity index (χ4n) is 3.86. The molecule has 0 saturated heterocycles. The molecule has 3 aromatic rings. The highest BCUT2D eigenvalue weighted by Crippen LogP contribution is 2.41. The quantitative estimate of drug-likeness (QED) is 0.627. The summed E-state index contributed by atoms with van der Waals surface area (Å²) in [6.07, 6.45) is 5.11. The van der Waals surface area contributed by atoms with Crippen LogP contribution in [-0.2, 0) is 0 Å². The molecule has 0 N–H and O–H groups in total. The average molecular weight is 393 g/mol. The van der Waals surface area contributed by atoms with Crippen molar-refractivity contribution in [3.05, 3.63) is 47.8 Å². The Kier molecular flexibility index (Phi) is 4.38. The molecule has 6 heteroatoms. The van der Waals surface area contributed by atoms with Crippen LogP contribution in [0, 0.1) is 0 Å². The van der Waals surface area contributed by atoms with Crippen LogP contribution in [0.5, 0.6) is 0 Å². The van der Waals surface area contributed by atoms with Gasteiger partial charge in [0.25, 0.3) is 5.91 Å². The highest BCUT2D eigenvalue weighted by atomic mass is 32.2. The largest absolute Gasteiger partial charge is 0.307 e. The van der Waals surface area contributed by atoms with Crippen molar-refractivity contribution in [2.75, 3.05) is 17.2 Å². The minimum absolute atomic E-state index is 0.0626. The van der Waals surface area contributed by atoms with E-state index in [9.17, 15) is 4.79 Å². The van der Waals surface area contributed by atoms with E-state index in [0.717, 1.165) is 59.5 Å². The van der Waals surface area contributed by atoms with Crippen LogP contribution >= 0.6 is 11.8 Å². The van der Waals surface area contributed by atoms with E-state index >= 15 is 0 Å². The van der Waals surface area contributed by atoms with Crippen LogP contribution in [0.4, 0.5) is 5.69 Å². The molecule has 28 heavy (non-hydrogen) atoms. The number of carbonyl (C=O) groups is 1. The van der Waals surface area contributed by atoms with Gasteiger partial charge in [0.1, 0.15) is 0 Å². The van der Waals surface area contributed by atoms with Crippen LogP contribution in [0.2, 0.25) is 0 Å². The molecule has 0 radical (unpaired) electrons. The van der Waals surface area contributed by atoms with Crippen molar-refractivity contribution in [2.45, 2.75) is 50.0 Å². The Morgan fingerprint density at radius 1 is 1.25 bits per heavy atom. The van der Waals surface area contributed by atoms with Crippen LogP contribution in [0.25, 0.3) is 11.0 Å². The number of para-hydroxylation sites is 1. The minimum atomic E-state index is 0.0626. The number of rotatable bonds is 3. The van der Waals surface area contributed by atoms with E-state index in [0.29, 0.717) is 5.92 Å². The van der Waals surface area contributed by atoms with E-state index in [2.05, 4.69) is 31.1 Å². The number of carbonyl (C=O) groups excluding carboxylic acids is 1. The van der Waals surface area contributed by atoms with Gasteiger partial charge in [0, 0.05) is 29.1 Å². The molecule has 0 atom stereocenters. The summed E-state index contributed by atoms with van der Waals surface area (Å²) in [4.78, 5) is 21.8. The molecule has 1 fully saturated rings. The van der Waals surface area contributed by atoms with Gasteiger partial charge in [0.2, 0.25) is 0 Å². The van der Waals surface area contributed by atoms with Gasteiger partial charge in [-0.3, -0.25) is 4.79 Å². The normalized spacial score (nSPS) is 17.0. The van der Waals surface area contributed by atoms with Gasteiger partial charge in [-0.1, -0.05) is 12.1 Å². The maximum absolute atomic E-state index is 13.8. The number of pyridine rings is 1. The topological polar surface area (TPSA) is 51.0 Å². The molecule has 0 unspecified atom stereocenters. The van der Waals surface area contributed by atoms with Crippen LogP contribution in [-0.4, -0.2) is 33.0 Å². The van der Waals surface area contributed by atoms with Crippen LogP contribution in [0.3, 0.4) is 0 Å².